The predicted molar refractivity (Wildman–Crippen MR) is 101 cm³/mol. The van der Waals surface area contributed by atoms with Crippen molar-refractivity contribution in [2.75, 3.05) is 19.6 Å². The average Bonchev–Trinajstić information content (AvgIpc) is 2.83. The standard InChI is InChI=1S/C19H33N3O2.ClH/c20-18-14-6-5-7-15(18)13-16(12-14)19(24)21-9-8-17(23)22-10-3-1-2-4-11-22;/h14-16,18H,1-13,20H2,(H,21,24);1H. The topological polar surface area (TPSA) is 75.4 Å². The van der Waals surface area contributed by atoms with Gasteiger partial charge in [-0.3, -0.25) is 9.59 Å². The minimum atomic E-state index is 0. The zero-order valence-corrected chi connectivity index (χ0v) is 16.1. The van der Waals surface area contributed by atoms with Crippen LogP contribution in [-0.4, -0.2) is 42.4 Å². The third-order valence-corrected chi connectivity index (χ3v) is 6.38. The highest BCUT2D eigenvalue weighted by Crippen LogP contribution is 2.41. The number of amides is 2. The first-order valence-corrected chi connectivity index (χ1v) is 9.96. The number of nitrogens with one attached hydrogen (secondary N) is 1. The van der Waals surface area contributed by atoms with Gasteiger partial charge < -0.3 is 16.0 Å². The Morgan fingerprint density at radius 3 is 2.16 bits per heavy atom. The van der Waals surface area contributed by atoms with Crippen molar-refractivity contribution in [3.63, 3.8) is 0 Å². The summed E-state index contributed by atoms with van der Waals surface area (Å²) in [6.07, 6.45) is 10.6. The third kappa shape index (κ3) is 5.33. The molecule has 25 heavy (non-hydrogen) atoms. The molecule has 3 fully saturated rings. The number of fused-ring (bicyclic) bond motifs is 2. The molecule has 3 rings (SSSR count). The number of hydrogen-bond acceptors (Lipinski definition) is 3. The second kappa shape index (κ2) is 9.77. The summed E-state index contributed by atoms with van der Waals surface area (Å²) in [6, 6.07) is 0.299. The van der Waals surface area contributed by atoms with Crippen molar-refractivity contribution in [2.45, 2.75) is 70.3 Å². The van der Waals surface area contributed by atoms with Crippen LogP contribution in [0.15, 0.2) is 0 Å². The Hall–Kier alpha value is -0.810. The van der Waals surface area contributed by atoms with E-state index in [1.165, 1.54) is 32.1 Å². The Labute approximate surface area is 157 Å². The minimum Gasteiger partial charge on any atom is -0.355 e. The molecule has 2 saturated carbocycles. The normalized spacial score (nSPS) is 32.3. The van der Waals surface area contributed by atoms with Crippen LogP contribution in [-0.2, 0) is 9.59 Å². The fraction of sp³-hybridized carbons (Fsp3) is 0.895. The maximum Gasteiger partial charge on any atom is 0.224 e. The number of halogens is 1. The number of hydrogen-bond donors (Lipinski definition) is 2. The highest BCUT2D eigenvalue weighted by molar-refractivity contribution is 5.85. The zero-order chi connectivity index (χ0) is 16.9. The van der Waals surface area contributed by atoms with Crippen molar-refractivity contribution in [2.24, 2.45) is 23.5 Å². The molecule has 0 aromatic carbocycles. The van der Waals surface area contributed by atoms with Gasteiger partial charge in [-0.1, -0.05) is 19.3 Å². The molecule has 0 aromatic heterocycles. The van der Waals surface area contributed by atoms with Crippen molar-refractivity contribution < 1.29 is 9.59 Å². The predicted octanol–water partition coefficient (Wildman–Crippen LogP) is 2.47. The number of likely N-dealkylation sites (tertiary alicyclic amines) is 1. The molecule has 3 N–H and O–H groups in total. The molecule has 5 nitrogen and oxygen atoms in total. The molecule has 2 atom stereocenters. The Bertz CT molecular complexity index is 438. The van der Waals surface area contributed by atoms with Crippen LogP contribution in [0.2, 0.25) is 0 Å². The number of carbonyl (C=O) groups is 2. The van der Waals surface area contributed by atoms with Crippen LogP contribution in [0.1, 0.15) is 64.2 Å². The van der Waals surface area contributed by atoms with Gasteiger partial charge in [0.15, 0.2) is 0 Å². The largest absolute Gasteiger partial charge is 0.355 e. The molecule has 2 unspecified atom stereocenters. The molecule has 2 bridgehead atoms. The van der Waals surface area contributed by atoms with E-state index in [-0.39, 0.29) is 30.1 Å². The van der Waals surface area contributed by atoms with Gasteiger partial charge in [0.1, 0.15) is 0 Å². The number of nitrogens with two attached hydrogens (primary N) is 1. The third-order valence-electron chi connectivity index (χ3n) is 6.38. The summed E-state index contributed by atoms with van der Waals surface area (Å²) in [6.45, 7) is 2.25. The van der Waals surface area contributed by atoms with E-state index in [0.717, 1.165) is 38.8 Å². The molecule has 0 spiro atoms. The van der Waals surface area contributed by atoms with Gasteiger partial charge in [-0.15, -0.1) is 12.4 Å². The molecule has 2 amide bonds. The van der Waals surface area contributed by atoms with Crippen molar-refractivity contribution >= 4 is 24.2 Å². The van der Waals surface area contributed by atoms with Gasteiger partial charge in [0, 0.05) is 38.0 Å². The molecule has 144 valence electrons. The van der Waals surface area contributed by atoms with E-state index in [2.05, 4.69) is 5.32 Å². The lowest BCUT2D eigenvalue weighted by atomic mass is 9.65. The molecular formula is C19H34ClN3O2. The highest BCUT2D eigenvalue weighted by atomic mass is 35.5. The smallest absolute Gasteiger partial charge is 0.224 e. The molecular weight excluding hydrogens is 338 g/mol. The van der Waals surface area contributed by atoms with Crippen LogP contribution in [0, 0.1) is 17.8 Å². The molecule has 3 aliphatic rings. The first-order chi connectivity index (χ1) is 11.6. The van der Waals surface area contributed by atoms with E-state index in [4.69, 9.17) is 5.73 Å². The van der Waals surface area contributed by atoms with Crippen molar-refractivity contribution in [3.05, 3.63) is 0 Å². The minimum absolute atomic E-state index is 0. The second-order valence-electron chi connectivity index (χ2n) is 8.03. The van der Waals surface area contributed by atoms with Crippen LogP contribution in [0.4, 0.5) is 0 Å². The van der Waals surface area contributed by atoms with E-state index in [0.29, 0.717) is 30.8 Å². The first kappa shape index (κ1) is 20.5. The van der Waals surface area contributed by atoms with Gasteiger partial charge in [-0.25, -0.2) is 0 Å². The quantitative estimate of drug-likeness (QED) is 0.797. The summed E-state index contributed by atoms with van der Waals surface area (Å²) in [5.41, 5.74) is 6.30. The zero-order valence-electron chi connectivity index (χ0n) is 15.3. The summed E-state index contributed by atoms with van der Waals surface area (Å²) in [5, 5.41) is 3.01. The Balaban J connectivity index is 0.00000225. The van der Waals surface area contributed by atoms with E-state index < -0.39 is 0 Å². The molecule has 6 heteroatoms. The molecule has 1 aliphatic heterocycles. The van der Waals surface area contributed by atoms with E-state index in [9.17, 15) is 9.59 Å². The first-order valence-electron chi connectivity index (χ1n) is 9.96. The van der Waals surface area contributed by atoms with E-state index >= 15 is 0 Å². The summed E-state index contributed by atoms with van der Waals surface area (Å²) in [5.74, 6) is 1.48. The van der Waals surface area contributed by atoms with Gasteiger partial charge in [0.25, 0.3) is 0 Å². The van der Waals surface area contributed by atoms with Gasteiger partial charge in [-0.2, -0.15) is 0 Å². The summed E-state index contributed by atoms with van der Waals surface area (Å²) in [7, 11) is 0. The van der Waals surface area contributed by atoms with Gasteiger partial charge in [0.2, 0.25) is 11.8 Å². The van der Waals surface area contributed by atoms with Crippen LogP contribution in [0.5, 0.6) is 0 Å². The Kier molecular flexibility index (Phi) is 8.01. The fourth-order valence-corrected chi connectivity index (χ4v) is 4.92. The van der Waals surface area contributed by atoms with Crippen LogP contribution >= 0.6 is 12.4 Å². The van der Waals surface area contributed by atoms with Gasteiger partial charge in [-0.05, 0) is 50.4 Å². The summed E-state index contributed by atoms with van der Waals surface area (Å²) >= 11 is 0. The van der Waals surface area contributed by atoms with Crippen LogP contribution < -0.4 is 11.1 Å². The van der Waals surface area contributed by atoms with Gasteiger partial charge in [0.05, 0.1) is 0 Å². The number of nitrogens with zero attached hydrogens (tertiary/aromatic N) is 1. The number of carbonyl (C=O) groups excluding carboxylic acids is 2. The molecule has 2 aliphatic carbocycles. The Morgan fingerprint density at radius 2 is 1.56 bits per heavy atom. The lowest BCUT2D eigenvalue weighted by Crippen LogP contribution is -2.49. The van der Waals surface area contributed by atoms with Crippen LogP contribution in [0.25, 0.3) is 0 Å². The van der Waals surface area contributed by atoms with Crippen LogP contribution in [0.3, 0.4) is 0 Å². The Morgan fingerprint density at radius 1 is 0.960 bits per heavy atom. The lowest BCUT2D eigenvalue weighted by Gasteiger charge is -2.43. The molecule has 1 heterocycles. The fourth-order valence-electron chi connectivity index (χ4n) is 4.92. The summed E-state index contributed by atoms with van der Waals surface area (Å²) in [4.78, 5) is 26.7. The van der Waals surface area contributed by atoms with E-state index in [1.807, 2.05) is 4.90 Å². The van der Waals surface area contributed by atoms with E-state index in [1.54, 1.807) is 0 Å². The van der Waals surface area contributed by atoms with Crippen molar-refractivity contribution in [1.29, 1.82) is 0 Å². The molecule has 0 radical (unpaired) electrons. The molecule has 1 saturated heterocycles. The maximum absolute atomic E-state index is 12.5. The van der Waals surface area contributed by atoms with Crippen molar-refractivity contribution in [1.82, 2.24) is 10.2 Å². The molecule has 0 aromatic rings. The number of rotatable bonds is 4. The van der Waals surface area contributed by atoms with Crippen molar-refractivity contribution in [3.8, 4) is 0 Å². The maximum atomic E-state index is 12.5. The summed E-state index contributed by atoms with van der Waals surface area (Å²) < 4.78 is 0. The monoisotopic (exact) mass is 371 g/mol. The lowest BCUT2D eigenvalue weighted by molar-refractivity contribution is -0.131. The highest BCUT2D eigenvalue weighted by Gasteiger charge is 2.40. The second-order valence-corrected chi connectivity index (χ2v) is 8.03. The SMILES string of the molecule is Cl.NC1C2CCCC1CC(C(=O)NCCC(=O)N1CCCCCC1)C2. The average molecular weight is 372 g/mol. The van der Waals surface area contributed by atoms with Gasteiger partial charge >= 0.3 is 0 Å².